The van der Waals surface area contributed by atoms with Gasteiger partial charge in [-0.1, -0.05) is 116 Å². The predicted molar refractivity (Wildman–Crippen MR) is 154 cm³/mol. The van der Waals surface area contributed by atoms with Gasteiger partial charge >= 0.3 is 0 Å². The molecule has 1 aromatic heterocycles. The lowest BCUT2D eigenvalue weighted by atomic mass is 9.70. The topological polar surface area (TPSA) is 13.1 Å². The summed E-state index contributed by atoms with van der Waals surface area (Å²) in [6, 6.07) is 27.3. The van der Waals surface area contributed by atoms with Crippen LogP contribution in [0, 0.1) is 0 Å². The van der Waals surface area contributed by atoms with E-state index < -0.39 is 0 Å². The zero-order valence-corrected chi connectivity index (χ0v) is 22.8. The smallest absolute Gasteiger partial charge is 0.136 e. The highest BCUT2D eigenvalue weighted by Gasteiger charge is 2.33. The molecular weight excluding hydrogens is 436 g/mol. The highest BCUT2D eigenvalue weighted by Crippen LogP contribution is 2.50. The van der Waals surface area contributed by atoms with Gasteiger partial charge in [0, 0.05) is 16.2 Å². The zero-order chi connectivity index (χ0) is 25.6. The lowest BCUT2D eigenvalue weighted by Crippen LogP contribution is -2.22. The van der Waals surface area contributed by atoms with Crippen molar-refractivity contribution in [3.05, 3.63) is 95.1 Å². The van der Waals surface area contributed by atoms with Crippen molar-refractivity contribution in [2.45, 2.75) is 71.6 Å². The Kier molecular flexibility index (Phi) is 4.72. The number of rotatable bonds is 1. The summed E-state index contributed by atoms with van der Waals surface area (Å²) in [4.78, 5) is 0. The highest BCUT2D eigenvalue weighted by atomic mass is 16.3. The minimum absolute atomic E-state index is 0.0606. The third kappa shape index (κ3) is 3.36. The molecule has 6 rings (SSSR count). The molecule has 1 aliphatic carbocycles. The van der Waals surface area contributed by atoms with Gasteiger partial charge in [-0.15, -0.1) is 0 Å². The Bertz CT molecular complexity index is 1630. The van der Waals surface area contributed by atoms with Crippen molar-refractivity contribution in [1.29, 1.82) is 0 Å². The zero-order valence-electron chi connectivity index (χ0n) is 22.8. The van der Waals surface area contributed by atoms with E-state index in [1.54, 1.807) is 0 Å². The maximum absolute atomic E-state index is 6.48. The number of benzene rings is 4. The third-order valence-corrected chi connectivity index (χ3v) is 8.16. The number of furan rings is 1. The molecule has 1 heterocycles. The molecule has 0 spiro atoms. The van der Waals surface area contributed by atoms with E-state index in [0.29, 0.717) is 0 Å². The number of fused-ring (bicyclic) bond motifs is 3. The molecular formula is C35H36O. The summed E-state index contributed by atoms with van der Waals surface area (Å²) >= 11 is 0. The van der Waals surface area contributed by atoms with Crippen LogP contribution < -0.4 is 0 Å². The van der Waals surface area contributed by atoms with Crippen LogP contribution >= 0.6 is 0 Å². The molecule has 1 nitrogen and oxygen atoms in total. The average Bonchev–Trinajstić information content (AvgIpc) is 3.20. The summed E-state index contributed by atoms with van der Waals surface area (Å²) in [7, 11) is 0. The minimum atomic E-state index is -0.200. The van der Waals surface area contributed by atoms with Gasteiger partial charge in [0.25, 0.3) is 0 Å². The molecule has 0 unspecified atom stereocenters. The fourth-order valence-electron chi connectivity index (χ4n) is 5.91. The Labute approximate surface area is 215 Å². The average molecular weight is 473 g/mol. The van der Waals surface area contributed by atoms with Crippen molar-refractivity contribution in [2.24, 2.45) is 0 Å². The molecule has 5 aromatic rings. The summed E-state index contributed by atoms with van der Waals surface area (Å²) < 4.78 is 6.48. The Hall–Kier alpha value is -3.32. The molecule has 182 valence electrons. The molecule has 4 aromatic carbocycles. The molecule has 0 aliphatic heterocycles. The van der Waals surface area contributed by atoms with Crippen molar-refractivity contribution < 1.29 is 4.42 Å². The molecule has 0 N–H and O–H groups in total. The summed E-state index contributed by atoms with van der Waals surface area (Å²) in [5, 5.41) is 2.49. The molecule has 1 aliphatic rings. The van der Waals surface area contributed by atoms with Crippen LogP contribution in [0.15, 0.2) is 77.2 Å². The van der Waals surface area contributed by atoms with Crippen LogP contribution in [0.3, 0.4) is 0 Å². The van der Waals surface area contributed by atoms with Gasteiger partial charge in [0.2, 0.25) is 0 Å². The van der Waals surface area contributed by atoms with Gasteiger partial charge in [-0.05, 0) is 67.5 Å². The summed E-state index contributed by atoms with van der Waals surface area (Å²) in [5.74, 6) is 0. The van der Waals surface area contributed by atoms with Crippen LogP contribution in [-0.2, 0) is 16.2 Å². The van der Waals surface area contributed by atoms with Crippen molar-refractivity contribution in [3.63, 3.8) is 0 Å². The first kappa shape index (κ1) is 23.1. The molecule has 0 amide bonds. The molecule has 0 fully saturated rings. The second-order valence-corrected chi connectivity index (χ2v) is 13.1. The maximum Gasteiger partial charge on any atom is 0.136 e. The van der Waals surface area contributed by atoms with Crippen molar-refractivity contribution >= 4 is 21.9 Å². The molecule has 0 radical (unpaired) electrons. The summed E-state index contributed by atoms with van der Waals surface area (Å²) in [6.07, 6.45) is 0. The standard InChI is InChI=1S/C35H36O/c1-33(2,3)24-18-22(19-25(20-24)34(4,5)6)27-15-16-29-31-30-26(13-10-14-28(30)36-29)21-11-9-12-23(17-21)35(7,8)32(27)31/h9-20H,1-8H3. The van der Waals surface area contributed by atoms with Crippen LogP contribution in [0.4, 0.5) is 0 Å². The van der Waals surface area contributed by atoms with Gasteiger partial charge < -0.3 is 4.42 Å². The van der Waals surface area contributed by atoms with Gasteiger partial charge in [-0.3, -0.25) is 0 Å². The Morgan fingerprint density at radius 1 is 0.583 bits per heavy atom. The monoisotopic (exact) mass is 472 g/mol. The SMILES string of the molecule is CC(C)(C)c1cc(-c2ccc3oc4cccc5c4c3c2C(C)(C)c2cccc-5c2)cc(C(C)(C)C)c1. The van der Waals surface area contributed by atoms with E-state index in [4.69, 9.17) is 4.42 Å². The first-order valence-corrected chi connectivity index (χ1v) is 13.1. The quantitative estimate of drug-likeness (QED) is 0.236. The largest absolute Gasteiger partial charge is 0.456 e. The number of hydrogen-bond acceptors (Lipinski definition) is 1. The van der Waals surface area contributed by atoms with E-state index in [1.165, 1.54) is 55.3 Å². The number of hydrogen-bond donors (Lipinski definition) is 0. The van der Waals surface area contributed by atoms with Crippen LogP contribution in [0.25, 0.3) is 44.2 Å². The van der Waals surface area contributed by atoms with E-state index in [0.717, 1.165) is 11.2 Å². The van der Waals surface area contributed by atoms with Gasteiger partial charge in [0.15, 0.2) is 0 Å². The van der Waals surface area contributed by atoms with Crippen LogP contribution in [0.1, 0.15) is 77.6 Å². The minimum Gasteiger partial charge on any atom is -0.456 e. The Balaban J connectivity index is 1.80. The second-order valence-electron chi connectivity index (χ2n) is 13.1. The molecule has 2 bridgehead atoms. The Morgan fingerprint density at radius 2 is 1.22 bits per heavy atom. The van der Waals surface area contributed by atoms with Crippen LogP contribution in [0.5, 0.6) is 0 Å². The summed E-state index contributed by atoms with van der Waals surface area (Å²) in [5.41, 5.74) is 12.4. The molecule has 0 saturated heterocycles. The lowest BCUT2D eigenvalue weighted by Gasteiger charge is -2.32. The predicted octanol–water partition coefficient (Wildman–Crippen LogP) is 10.2. The van der Waals surface area contributed by atoms with Crippen molar-refractivity contribution in [1.82, 2.24) is 0 Å². The molecule has 0 saturated carbocycles. The Morgan fingerprint density at radius 3 is 1.89 bits per heavy atom. The van der Waals surface area contributed by atoms with E-state index in [-0.39, 0.29) is 16.2 Å². The van der Waals surface area contributed by atoms with Crippen molar-refractivity contribution in [2.75, 3.05) is 0 Å². The first-order valence-electron chi connectivity index (χ1n) is 13.1. The summed E-state index contributed by atoms with van der Waals surface area (Å²) in [6.45, 7) is 18.6. The fraction of sp³-hybridized carbons (Fsp3) is 0.314. The fourth-order valence-corrected chi connectivity index (χ4v) is 5.91. The molecule has 0 atom stereocenters. The van der Waals surface area contributed by atoms with Crippen LogP contribution in [0.2, 0.25) is 0 Å². The molecule has 36 heavy (non-hydrogen) atoms. The van der Waals surface area contributed by atoms with Gasteiger partial charge in [-0.2, -0.15) is 0 Å². The van der Waals surface area contributed by atoms with E-state index in [2.05, 4.69) is 128 Å². The van der Waals surface area contributed by atoms with E-state index in [9.17, 15) is 0 Å². The van der Waals surface area contributed by atoms with Gasteiger partial charge in [-0.25, -0.2) is 0 Å². The van der Waals surface area contributed by atoms with E-state index in [1.807, 2.05) is 0 Å². The van der Waals surface area contributed by atoms with Crippen LogP contribution in [-0.4, -0.2) is 0 Å². The second kappa shape index (κ2) is 7.35. The highest BCUT2D eigenvalue weighted by molar-refractivity contribution is 6.16. The maximum atomic E-state index is 6.48. The van der Waals surface area contributed by atoms with E-state index >= 15 is 0 Å². The van der Waals surface area contributed by atoms with Gasteiger partial charge in [0.05, 0.1) is 0 Å². The third-order valence-electron chi connectivity index (χ3n) is 8.16. The first-order chi connectivity index (χ1) is 16.9. The lowest BCUT2D eigenvalue weighted by molar-refractivity contribution is 0.569. The van der Waals surface area contributed by atoms with Crippen molar-refractivity contribution in [3.8, 4) is 22.3 Å². The normalized spacial score (nSPS) is 14.9. The molecule has 1 heteroatoms. The van der Waals surface area contributed by atoms with Gasteiger partial charge in [0.1, 0.15) is 11.2 Å².